The Balaban J connectivity index is 1.35. The SMILES string of the molecule is C[C@H]1Cc2cc(CC(=O)N[C@@H]3CC(C)(C)Cc4nc(-c5cnccn5)ncc43)ccc2O1. The van der Waals surface area contributed by atoms with Gasteiger partial charge in [-0.2, -0.15) is 0 Å². The van der Waals surface area contributed by atoms with Crippen LogP contribution in [-0.2, 0) is 24.1 Å². The zero-order valence-corrected chi connectivity index (χ0v) is 18.6. The van der Waals surface area contributed by atoms with Crippen molar-refractivity contribution in [3.63, 3.8) is 0 Å². The molecule has 2 aromatic heterocycles. The van der Waals surface area contributed by atoms with E-state index in [9.17, 15) is 4.79 Å². The lowest BCUT2D eigenvalue weighted by Crippen LogP contribution is -2.37. The maximum atomic E-state index is 13.0. The Morgan fingerprint density at radius 2 is 2.09 bits per heavy atom. The molecule has 2 aliphatic rings. The third-order valence-electron chi connectivity index (χ3n) is 6.13. The number of nitrogens with one attached hydrogen (secondary N) is 1. The van der Waals surface area contributed by atoms with Crippen LogP contribution in [0.25, 0.3) is 11.5 Å². The van der Waals surface area contributed by atoms with E-state index >= 15 is 0 Å². The van der Waals surface area contributed by atoms with E-state index < -0.39 is 0 Å². The largest absolute Gasteiger partial charge is 0.490 e. The summed E-state index contributed by atoms with van der Waals surface area (Å²) in [5.41, 5.74) is 4.79. The highest BCUT2D eigenvalue weighted by Gasteiger charge is 2.34. The van der Waals surface area contributed by atoms with Gasteiger partial charge < -0.3 is 10.1 Å². The topological polar surface area (TPSA) is 89.9 Å². The molecule has 0 saturated carbocycles. The lowest BCUT2D eigenvalue weighted by Gasteiger charge is -2.36. The third-order valence-corrected chi connectivity index (χ3v) is 6.13. The van der Waals surface area contributed by atoms with Gasteiger partial charge in [0.25, 0.3) is 0 Å². The molecule has 3 heterocycles. The van der Waals surface area contributed by atoms with Crippen molar-refractivity contribution in [3.8, 4) is 17.3 Å². The molecular formula is C25H27N5O2. The summed E-state index contributed by atoms with van der Waals surface area (Å²) >= 11 is 0. The molecule has 0 unspecified atom stereocenters. The summed E-state index contributed by atoms with van der Waals surface area (Å²) in [6.07, 6.45) is 9.86. The number of rotatable bonds is 4. The standard InChI is InChI=1S/C25H27N5O2/c1-15-8-17-9-16(4-5-22(17)32-15)10-23(31)29-19-11-25(2,3)12-20-18(19)13-28-24(30-20)21-14-26-6-7-27-21/h4-7,9,13-15,19H,8,10-12H2,1-3H3,(H,29,31)/t15-,19+/m0/s1. The van der Waals surface area contributed by atoms with Gasteiger partial charge >= 0.3 is 0 Å². The predicted octanol–water partition coefficient (Wildman–Crippen LogP) is 3.63. The Kier molecular flexibility index (Phi) is 5.12. The van der Waals surface area contributed by atoms with Crippen molar-refractivity contribution in [1.29, 1.82) is 0 Å². The Morgan fingerprint density at radius 1 is 1.22 bits per heavy atom. The molecule has 3 aromatic rings. The van der Waals surface area contributed by atoms with E-state index in [2.05, 4.69) is 47.1 Å². The molecule has 0 saturated heterocycles. The quantitative estimate of drug-likeness (QED) is 0.681. The van der Waals surface area contributed by atoms with E-state index in [0.29, 0.717) is 17.9 Å². The van der Waals surface area contributed by atoms with E-state index in [0.717, 1.165) is 41.8 Å². The van der Waals surface area contributed by atoms with Crippen LogP contribution in [0, 0.1) is 5.41 Å². The molecule has 2 atom stereocenters. The van der Waals surface area contributed by atoms with Crippen LogP contribution in [-0.4, -0.2) is 31.9 Å². The minimum absolute atomic E-state index is 0.00330. The molecule has 1 aliphatic heterocycles. The lowest BCUT2D eigenvalue weighted by molar-refractivity contribution is -0.121. The summed E-state index contributed by atoms with van der Waals surface area (Å²) in [6.45, 7) is 6.48. The molecule has 0 fully saturated rings. The van der Waals surface area contributed by atoms with Crippen molar-refractivity contribution in [2.45, 2.75) is 58.6 Å². The molecule has 7 heteroatoms. The number of ether oxygens (including phenoxy) is 1. The number of hydrogen-bond donors (Lipinski definition) is 1. The summed E-state index contributed by atoms with van der Waals surface area (Å²) in [6, 6.07) is 5.93. The first-order valence-corrected chi connectivity index (χ1v) is 11.1. The minimum atomic E-state index is -0.116. The zero-order valence-electron chi connectivity index (χ0n) is 18.6. The summed E-state index contributed by atoms with van der Waals surface area (Å²) in [7, 11) is 0. The van der Waals surface area contributed by atoms with E-state index in [1.165, 1.54) is 5.56 Å². The highest BCUT2D eigenvalue weighted by atomic mass is 16.5. The fraction of sp³-hybridized carbons (Fsp3) is 0.400. The average molecular weight is 430 g/mol. The normalized spacial score (nSPS) is 20.7. The summed E-state index contributed by atoms with van der Waals surface area (Å²) < 4.78 is 5.77. The van der Waals surface area contributed by atoms with E-state index in [1.807, 2.05) is 18.3 Å². The van der Waals surface area contributed by atoms with Gasteiger partial charge in [-0.05, 0) is 42.4 Å². The number of fused-ring (bicyclic) bond motifs is 2. The molecule has 0 spiro atoms. The van der Waals surface area contributed by atoms with Crippen molar-refractivity contribution in [2.24, 2.45) is 5.41 Å². The maximum absolute atomic E-state index is 13.0. The Bertz CT molecular complexity index is 1160. The molecule has 164 valence electrons. The van der Waals surface area contributed by atoms with Crippen LogP contribution < -0.4 is 10.1 Å². The van der Waals surface area contributed by atoms with Crippen LogP contribution in [0.2, 0.25) is 0 Å². The molecule has 32 heavy (non-hydrogen) atoms. The number of nitrogens with zero attached hydrogens (tertiary/aromatic N) is 4. The Morgan fingerprint density at radius 3 is 2.91 bits per heavy atom. The minimum Gasteiger partial charge on any atom is -0.490 e. The highest BCUT2D eigenvalue weighted by molar-refractivity contribution is 5.79. The molecule has 0 radical (unpaired) electrons. The summed E-state index contributed by atoms with van der Waals surface area (Å²) in [4.78, 5) is 30.7. The first-order chi connectivity index (χ1) is 15.4. The van der Waals surface area contributed by atoms with Crippen LogP contribution in [0.5, 0.6) is 5.75 Å². The van der Waals surface area contributed by atoms with Crippen LogP contribution in [0.15, 0.2) is 43.0 Å². The first kappa shape index (κ1) is 20.5. The molecule has 0 bridgehead atoms. The van der Waals surface area contributed by atoms with Crippen LogP contribution in [0.3, 0.4) is 0 Å². The van der Waals surface area contributed by atoms with Gasteiger partial charge in [-0.25, -0.2) is 15.0 Å². The van der Waals surface area contributed by atoms with Crippen molar-refractivity contribution in [3.05, 3.63) is 65.4 Å². The van der Waals surface area contributed by atoms with Crippen LogP contribution >= 0.6 is 0 Å². The second kappa shape index (κ2) is 7.97. The molecule has 1 amide bonds. The van der Waals surface area contributed by atoms with E-state index in [1.54, 1.807) is 18.6 Å². The number of amides is 1. The molecule has 5 rings (SSSR count). The molecule has 1 aliphatic carbocycles. The van der Waals surface area contributed by atoms with Crippen LogP contribution in [0.4, 0.5) is 0 Å². The molecule has 7 nitrogen and oxygen atoms in total. The number of carbonyl (C=O) groups excluding carboxylic acids is 1. The second-order valence-corrected chi connectivity index (χ2v) is 9.60. The lowest BCUT2D eigenvalue weighted by atomic mass is 9.74. The Labute approximate surface area is 187 Å². The molecule has 1 N–H and O–H groups in total. The van der Waals surface area contributed by atoms with Gasteiger partial charge in [0.1, 0.15) is 17.5 Å². The average Bonchev–Trinajstić information content (AvgIpc) is 3.12. The Hall–Kier alpha value is -3.35. The van der Waals surface area contributed by atoms with Crippen LogP contribution in [0.1, 0.15) is 55.6 Å². The van der Waals surface area contributed by atoms with Crippen molar-refractivity contribution < 1.29 is 9.53 Å². The van der Waals surface area contributed by atoms with Gasteiger partial charge in [-0.3, -0.25) is 9.78 Å². The van der Waals surface area contributed by atoms with E-state index in [-0.39, 0.29) is 23.5 Å². The van der Waals surface area contributed by atoms with Gasteiger partial charge in [-0.15, -0.1) is 0 Å². The smallest absolute Gasteiger partial charge is 0.224 e. The van der Waals surface area contributed by atoms with Gasteiger partial charge in [0, 0.05) is 30.6 Å². The number of benzene rings is 1. The zero-order chi connectivity index (χ0) is 22.3. The van der Waals surface area contributed by atoms with Gasteiger partial charge in [0.15, 0.2) is 5.82 Å². The van der Waals surface area contributed by atoms with Crippen molar-refractivity contribution in [2.75, 3.05) is 0 Å². The molecule has 1 aromatic carbocycles. The summed E-state index contributed by atoms with van der Waals surface area (Å²) in [5, 5.41) is 3.24. The van der Waals surface area contributed by atoms with Crippen molar-refractivity contribution in [1.82, 2.24) is 25.3 Å². The van der Waals surface area contributed by atoms with Gasteiger partial charge in [-0.1, -0.05) is 26.0 Å². The third kappa shape index (κ3) is 4.20. The predicted molar refractivity (Wildman–Crippen MR) is 120 cm³/mol. The number of aromatic nitrogens is 4. The fourth-order valence-electron chi connectivity index (χ4n) is 4.73. The van der Waals surface area contributed by atoms with Crippen molar-refractivity contribution >= 4 is 5.91 Å². The fourth-order valence-corrected chi connectivity index (χ4v) is 4.73. The van der Waals surface area contributed by atoms with Gasteiger partial charge in [0.2, 0.25) is 5.91 Å². The maximum Gasteiger partial charge on any atom is 0.224 e. The van der Waals surface area contributed by atoms with E-state index in [4.69, 9.17) is 9.72 Å². The summed E-state index contributed by atoms with van der Waals surface area (Å²) in [5.74, 6) is 1.50. The number of hydrogen-bond acceptors (Lipinski definition) is 6. The highest BCUT2D eigenvalue weighted by Crippen LogP contribution is 2.40. The van der Waals surface area contributed by atoms with Gasteiger partial charge in [0.05, 0.1) is 24.4 Å². The first-order valence-electron chi connectivity index (χ1n) is 11.1. The number of carbonyl (C=O) groups is 1. The second-order valence-electron chi connectivity index (χ2n) is 9.60. The monoisotopic (exact) mass is 429 g/mol. The molecular weight excluding hydrogens is 402 g/mol.